The SMILES string of the molecule is CCOc1ccc(C2C(c3c[nH]c4ccccc34)NC3(C(=O)c4ccccc4C3=O)C2C(=O)c2nc3ccccc3[nH]2)cc1OCC. The van der Waals surface area contributed by atoms with E-state index in [1.165, 1.54) is 0 Å². The molecule has 6 aromatic rings. The number of fused-ring (bicyclic) bond motifs is 3. The molecule has 0 bridgehead atoms. The summed E-state index contributed by atoms with van der Waals surface area (Å²) in [4.78, 5) is 55.6. The zero-order valence-corrected chi connectivity index (χ0v) is 25.9. The molecule has 3 atom stereocenters. The standard InChI is InChI=1S/C38H32N4O5/c1-3-46-29-18-17-21(19-30(29)47-4-2)31-32(34(43)37-40-27-15-9-10-16-28(27)41-37)38(35(44)23-12-5-6-13-24(23)36(38)45)42-33(31)25-20-39-26-14-8-7-11-22(25)26/h5-20,31-33,39,42H,3-4H2,1-2H3,(H,40,41). The third-order valence-electron chi connectivity index (χ3n) is 9.51. The summed E-state index contributed by atoms with van der Waals surface area (Å²) < 4.78 is 11.9. The van der Waals surface area contributed by atoms with Gasteiger partial charge in [0, 0.05) is 40.2 Å². The molecule has 2 aliphatic rings. The number of Topliss-reactive ketones (excluding diaryl/α,β-unsaturated/α-hetero) is 3. The van der Waals surface area contributed by atoms with Gasteiger partial charge in [-0.3, -0.25) is 19.7 Å². The number of para-hydroxylation sites is 3. The normalized spacial score (nSPS) is 19.9. The van der Waals surface area contributed by atoms with E-state index in [4.69, 9.17) is 9.47 Å². The fourth-order valence-electron chi connectivity index (χ4n) is 7.57. The minimum atomic E-state index is -1.88. The lowest BCUT2D eigenvalue weighted by Crippen LogP contribution is -2.57. The minimum Gasteiger partial charge on any atom is -0.490 e. The van der Waals surface area contributed by atoms with Gasteiger partial charge in [-0.15, -0.1) is 0 Å². The lowest BCUT2D eigenvalue weighted by molar-refractivity contribution is 0.0653. The number of benzene rings is 4. The maximum absolute atomic E-state index is 15.1. The summed E-state index contributed by atoms with van der Waals surface area (Å²) >= 11 is 0. The van der Waals surface area contributed by atoms with Crippen LogP contribution in [0.1, 0.15) is 68.3 Å². The highest BCUT2D eigenvalue weighted by atomic mass is 16.5. The van der Waals surface area contributed by atoms with Crippen molar-refractivity contribution in [1.29, 1.82) is 0 Å². The number of aromatic nitrogens is 3. The molecular formula is C38H32N4O5. The number of aromatic amines is 2. The van der Waals surface area contributed by atoms with Crippen molar-refractivity contribution in [2.45, 2.75) is 31.3 Å². The molecule has 9 nitrogen and oxygen atoms in total. The number of ether oxygens (including phenoxy) is 2. The first-order valence-electron chi connectivity index (χ1n) is 15.9. The van der Waals surface area contributed by atoms with Crippen LogP contribution in [-0.4, -0.2) is 51.1 Å². The largest absolute Gasteiger partial charge is 0.490 e. The van der Waals surface area contributed by atoms with Crippen LogP contribution in [0.2, 0.25) is 0 Å². The molecule has 4 aromatic carbocycles. The molecule has 9 heteroatoms. The second-order valence-corrected chi connectivity index (χ2v) is 12.0. The van der Waals surface area contributed by atoms with E-state index in [9.17, 15) is 9.59 Å². The average molecular weight is 625 g/mol. The van der Waals surface area contributed by atoms with Gasteiger partial charge in [0.05, 0.1) is 30.2 Å². The zero-order chi connectivity index (χ0) is 32.3. The molecule has 3 N–H and O–H groups in total. The van der Waals surface area contributed by atoms with E-state index < -0.39 is 40.8 Å². The number of ketones is 3. The van der Waals surface area contributed by atoms with Crippen LogP contribution in [0.25, 0.3) is 21.9 Å². The zero-order valence-electron chi connectivity index (χ0n) is 25.9. The van der Waals surface area contributed by atoms with Gasteiger partial charge in [-0.1, -0.05) is 60.7 Å². The average Bonchev–Trinajstić information content (AvgIpc) is 3.86. The van der Waals surface area contributed by atoms with Gasteiger partial charge in [0.15, 0.2) is 34.4 Å². The first-order valence-corrected chi connectivity index (χ1v) is 15.9. The molecular weight excluding hydrogens is 592 g/mol. The maximum Gasteiger partial charge on any atom is 0.204 e. The molecule has 1 aliphatic carbocycles. The van der Waals surface area contributed by atoms with Crippen molar-refractivity contribution in [3.05, 3.63) is 125 Å². The summed E-state index contributed by atoms with van der Waals surface area (Å²) in [7, 11) is 0. The Labute approximate surface area is 270 Å². The number of carbonyl (C=O) groups is 3. The smallest absolute Gasteiger partial charge is 0.204 e. The number of nitrogens with one attached hydrogen (secondary N) is 3. The lowest BCUT2D eigenvalue weighted by atomic mass is 9.70. The second kappa shape index (κ2) is 11.1. The lowest BCUT2D eigenvalue weighted by Gasteiger charge is -2.29. The fraction of sp³-hybridized carbons (Fsp3) is 0.211. The molecule has 3 heterocycles. The molecule has 234 valence electrons. The van der Waals surface area contributed by atoms with E-state index in [0.717, 1.165) is 22.0 Å². The van der Waals surface area contributed by atoms with Gasteiger partial charge < -0.3 is 19.4 Å². The molecule has 0 saturated carbocycles. The van der Waals surface area contributed by atoms with Gasteiger partial charge in [0.1, 0.15) is 0 Å². The van der Waals surface area contributed by atoms with Crippen LogP contribution < -0.4 is 14.8 Å². The Bertz CT molecular complexity index is 2150. The molecule has 0 amide bonds. The number of H-pyrrole nitrogens is 2. The summed E-state index contributed by atoms with van der Waals surface area (Å²) in [5, 5.41) is 4.45. The molecule has 8 rings (SSSR count). The maximum atomic E-state index is 15.1. The van der Waals surface area contributed by atoms with Crippen molar-refractivity contribution in [3.8, 4) is 11.5 Å². The van der Waals surface area contributed by atoms with Crippen LogP contribution in [0.5, 0.6) is 11.5 Å². The Hall–Kier alpha value is -5.54. The van der Waals surface area contributed by atoms with Crippen molar-refractivity contribution in [3.63, 3.8) is 0 Å². The highest BCUT2D eigenvalue weighted by Crippen LogP contribution is 2.55. The summed E-state index contributed by atoms with van der Waals surface area (Å²) in [5.41, 5.74) is 2.49. The molecule has 2 aromatic heterocycles. The first-order chi connectivity index (χ1) is 23.0. The van der Waals surface area contributed by atoms with Gasteiger partial charge >= 0.3 is 0 Å². The quantitative estimate of drug-likeness (QED) is 0.129. The predicted octanol–water partition coefficient (Wildman–Crippen LogP) is 6.59. The highest BCUT2D eigenvalue weighted by Gasteiger charge is 2.68. The number of rotatable bonds is 8. The predicted molar refractivity (Wildman–Crippen MR) is 177 cm³/mol. The van der Waals surface area contributed by atoms with E-state index in [0.29, 0.717) is 46.9 Å². The summed E-state index contributed by atoms with van der Waals surface area (Å²) in [6, 6.07) is 27.0. The van der Waals surface area contributed by atoms with Crippen LogP contribution in [-0.2, 0) is 0 Å². The van der Waals surface area contributed by atoms with Crippen LogP contribution in [0.3, 0.4) is 0 Å². The van der Waals surface area contributed by atoms with Crippen LogP contribution in [0.4, 0.5) is 0 Å². The van der Waals surface area contributed by atoms with E-state index in [2.05, 4.69) is 20.3 Å². The fourth-order valence-corrected chi connectivity index (χ4v) is 7.57. The number of nitrogens with zero attached hydrogens (tertiary/aromatic N) is 1. The number of hydrogen-bond acceptors (Lipinski definition) is 7. The molecule has 1 aliphatic heterocycles. The highest BCUT2D eigenvalue weighted by molar-refractivity contribution is 6.35. The Morgan fingerprint density at radius 3 is 2.19 bits per heavy atom. The molecule has 1 fully saturated rings. The van der Waals surface area contributed by atoms with Gasteiger partial charge in [-0.25, -0.2) is 4.98 Å². The Morgan fingerprint density at radius 1 is 0.809 bits per heavy atom. The minimum absolute atomic E-state index is 0.0921. The van der Waals surface area contributed by atoms with Crippen molar-refractivity contribution in [1.82, 2.24) is 20.3 Å². The van der Waals surface area contributed by atoms with Gasteiger partial charge in [-0.2, -0.15) is 0 Å². The van der Waals surface area contributed by atoms with E-state index in [1.807, 2.05) is 86.8 Å². The van der Waals surface area contributed by atoms with Gasteiger partial charge in [0.25, 0.3) is 0 Å². The van der Waals surface area contributed by atoms with Gasteiger partial charge in [0.2, 0.25) is 5.78 Å². The Morgan fingerprint density at radius 2 is 1.47 bits per heavy atom. The van der Waals surface area contributed by atoms with Gasteiger partial charge in [-0.05, 0) is 55.3 Å². The van der Waals surface area contributed by atoms with Crippen LogP contribution in [0.15, 0.2) is 97.2 Å². The summed E-state index contributed by atoms with van der Waals surface area (Å²) in [6.45, 7) is 4.64. The van der Waals surface area contributed by atoms with E-state index in [1.54, 1.807) is 24.3 Å². The Balaban J connectivity index is 1.40. The second-order valence-electron chi connectivity index (χ2n) is 12.0. The van der Waals surface area contributed by atoms with E-state index in [-0.39, 0.29) is 5.82 Å². The molecule has 0 radical (unpaired) electrons. The Kier molecular flexibility index (Phi) is 6.80. The number of hydrogen-bond donors (Lipinski definition) is 3. The monoisotopic (exact) mass is 624 g/mol. The third-order valence-corrected chi connectivity index (χ3v) is 9.51. The first kappa shape index (κ1) is 28.9. The topological polar surface area (TPSA) is 126 Å². The molecule has 3 unspecified atom stereocenters. The number of imidazole rings is 1. The van der Waals surface area contributed by atoms with E-state index >= 15 is 4.79 Å². The van der Waals surface area contributed by atoms with Crippen LogP contribution in [0, 0.1) is 5.92 Å². The number of carbonyl (C=O) groups excluding carboxylic acids is 3. The third kappa shape index (κ3) is 4.26. The molecule has 1 saturated heterocycles. The van der Waals surface area contributed by atoms with Crippen molar-refractivity contribution >= 4 is 39.3 Å². The van der Waals surface area contributed by atoms with Crippen molar-refractivity contribution in [2.75, 3.05) is 13.2 Å². The van der Waals surface area contributed by atoms with Crippen LogP contribution >= 0.6 is 0 Å². The molecule has 47 heavy (non-hydrogen) atoms. The molecule has 1 spiro atoms. The summed E-state index contributed by atoms with van der Waals surface area (Å²) in [5.74, 6) is -1.94. The van der Waals surface area contributed by atoms with Crippen molar-refractivity contribution in [2.24, 2.45) is 5.92 Å². The van der Waals surface area contributed by atoms with Crippen molar-refractivity contribution < 1.29 is 23.9 Å². The summed E-state index contributed by atoms with van der Waals surface area (Å²) in [6.07, 6.45) is 1.89.